The average molecular weight is 319 g/mol. The van der Waals surface area contributed by atoms with E-state index in [9.17, 15) is 17.2 Å². The molecule has 1 saturated carbocycles. The molecule has 2 rings (SSSR count). The van der Waals surface area contributed by atoms with Gasteiger partial charge in [-0.15, -0.1) is 0 Å². The van der Waals surface area contributed by atoms with Gasteiger partial charge in [0.2, 0.25) is 10.0 Å². The number of halogens is 2. The Balaban J connectivity index is 2.27. The van der Waals surface area contributed by atoms with Crippen LogP contribution in [0.3, 0.4) is 0 Å². The van der Waals surface area contributed by atoms with E-state index in [1.54, 1.807) is 0 Å². The van der Waals surface area contributed by atoms with Gasteiger partial charge in [-0.25, -0.2) is 21.9 Å². The zero-order chi connectivity index (χ0) is 15.6. The molecule has 0 bridgehead atoms. The lowest BCUT2D eigenvalue weighted by atomic mass is 10.1. The summed E-state index contributed by atoms with van der Waals surface area (Å²) in [6.45, 7) is 1.29. The summed E-state index contributed by atoms with van der Waals surface area (Å²) in [5, 5.41) is 8.99. The van der Waals surface area contributed by atoms with E-state index < -0.39 is 33.2 Å². The highest BCUT2D eigenvalue weighted by Crippen LogP contribution is 2.34. The van der Waals surface area contributed by atoms with E-state index in [4.69, 9.17) is 5.11 Å². The summed E-state index contributed by atoms with van der Waals surface area (Å²) in [5.41, 5.74) is 0.0181. The Labute approximate surface area is 123 Å². The smallest absolute Gasteiger partial charge is 0.243 e. The van der Waals surface area contributed by atoms with Crippen LogP contribution < -0.4 is 4.72 Å². The summed E-state index contributed by atoms with van der Waals surface area (Å²) < 4.78 is 54.1. The van der Waals surface area contributed by atoms with Gasteiger partial charge in [-0.2, -0.15) is 0 Å². The molecule has 1 aliphatic rings. The molecule has 1 unspecified atom stereocenters. The number of sulfonamides is 1. The van der Waals surface area contributed by atoms with Gasteiger partial charge < -0.3 is 5.11 Å². The Kier molecular flexibility index (Phi) is 4.95. The normalized spacial score (nSPS) is 17.0. The van der Waals surface area contributed by atoms with Gasteiger partial charge in [-0.1, -0.05) is 19.8 Å². The standard InChI is InChI=1S/C14H19F2NO3S/c1-2-11(5-9-3-4-9)17-21(19,20)13-7-10(8-18)6-12(15)14(13)16/h6-7,9,11,17-18H,2-5,8H2,1H3. The van der Waals surface area contributed by atoms with E-state index in [0.717, 1.165) is 25.0 Å². The average Bonchev–Trinajstić information content (AvgIpc) is 3.24. The van der Waals surface area contributed by atoms with Crippen molar-refractivity contribution in [3.63, 3.8) is 0 Å². The minimum Gasteiger partial charge on any atom is -0.392 e. The molecule has 0 aliphatic heterocycles. The van der Waals surface area contributed by atoms with Crippen LogP contribution in [0.1, 0.15) is 38.2 Å². The minimum absolute atomic E-state index is 0.0181. The first-order valence-electron chi connectivity index (χ1n) is 6.98. The molecule has 21 heavy (non-hydrogen) atoms. The largest absolute Gasteiger partial charge is 0.392 e. The summed E-state index contributed by atoms with van der Waals surface area (Å²) >= 11 is 0. The van der Waals surface area contributed by atoms with Crippen LogP contribution in [-0.2, 0) is 16.6 Å². The van der Waals surface area contributed by atoms with Crippen molar-refractivity contribution in [2.45, 2.75) is 50.2 Å². The van der Waals surface area contributed by atoms with Crippen LogP contribution in [0.2, 0.25) is 0 Å². The number of aliphatic hydroxyl groups is 1. The Morgan fingerprint density at radius 1 is 1.38 bits per heavy atom. The first-order valence-corrected chi connectivity index (χ1v) is 8.46. The molecule has 0 saturated heterocycles. The van der Waals surface area contributed by atoms with Gasteiger partial charge >= 0.3 is 0 Å². The molecule has 118 valence electrons. The lowest BCUT2D eigenvalue weighted by molar-refractivity contribution is 0.280. The number of rotatable bonds is 7. The molecule has 0 aromatic heterocycles. The Bertz CT molecular complexity index is 615. The third kappa shape index (κ3) is 3.99. The van der Waals surface area contributed by atoms with E-state index in [1.165, 1.54) is 0 Å². The molecule has 1 fully saturated rings. The van der Waals surface area contributed by atoms with Gasteiger partial charge in [0.15, 0.2) is 11.6 Å². The number of benzene rings is 1. The molecular weight excluding hydrogens is 300 g/mol. The fourth-order valence-electron chi connectivity index (χ4n) is 2.24. The molecule has 1 aliphatic carbocycles. The molecule has 1 aromatic rings. The van der Waals surface area contributed by atoms with Crippen LogP contribution in [-0.4, -0.2) is 19.6 Å². The van der Waals surface area contributed by atoms with Gasteiger partial charge in [-0.3, -0.25) is 0 Å². The zero-order valence-corrected chi connectivity index (χ0v) is 12.6. The molecule has 2 N–H and O–H groups in total. The summed E-state index contributed by atoms with van der Waals surface area (Å²) in [6.07, 6.45) is 3.46. The van der Waals surface area contributed by atoms with Crippen molar-refractivity contribution in [1.29, 1.82) is 0 Å². The second-order valence-corrected chi connectivity index (χ2v) is 7.14. The number of hydrogen-bond acceptors (Lipinski definition) is 3. The van der Waals surface area contributed by atoms with Crippen LogP contribution in [0.5, 0.6) is 0 Å². The van der Waals surface area contributed by atoms with Gasteiger partial charge in [0.05, 0.1) is 6.61 Å². The number of nitrogens with one attached hydrogen (secondary N) is 1. The van der Waals surface area contributed by atoms with Crippen LogP contribution in [0.4, 0.5) is 8.78 Å². The first kappa shape index (κ1) is 16.3. The van der Waals surface area contributed by atoms with Gasteiger partial charge in [0.1, 0.15) is 4.90 Å². The maximum absolute atomic E-state index is 13.8. The molecule has 0 heterocycles. The SMILES string of the molecule is CCC(CC1CC1)NS(=O)(=O)c1cc(CO)cc(F)c1F. The third-order valence-electron chi connectivity index (χ3n) is 3.66. The van der Waals surface area contributed by atoms with Crippen molar-refractivity contribution in [3.05, 3.63) is 29.3 Å². The Morgan fingerprint density at radius 3 is 2.57 bits per heavy atom. The monoisotopic (exact) mass is 319 g/mol. The van der Waals surface area contributed by atoms with E-state index in [1.807, 2.05) is 6.92 Å². The van der Waals surface area contributed by atoms with Crippen molar-refractivity contribution in [1.82, 2.24) is 4.72 Å². The Morgan fingerprint density at radius 2 is 2.05 bits per heavy atom. The van der Waals surface area contributed by atoms with Crippen LogP contribution in [0.25, 0.3) is 0 Å². The molecule has 1 atom stereocenters. The summed E-state index contributed by atoms with van der Waals surface area (Å²) in [6, 6.07) is 1.46. The highest BCUT2D eigenvalue weighted by molar-refractivity contribution is 7.89. The van der Waals surface area contributed by atoms with E-state index in [-0.39, 0.29) is 11.6 Å². The lowest BCUT2D eigenvalue weighted by Crippen LogP contribution is -2.35. The first-order chi connectivity index (χ1) is 9.87. The number of hydrogen-bond donors (Lipinski definition) is 2. The van der Waals surface area contributed by atoms with Gasteiger partial charge in [-0.05, 0) is 36.5 Å². The maximum atomic E-state index is 13.8. The second kappa shape index (κ2) is 6.37. The third-order valence-corrected chi connectivity index (χ3v) is 5.18. The lowest BCUT2D eigenvalue weighted by Gasteiger charge is -2.17. The predicted molar refractivity (Wildman–Crippen MR) is 74.0 cm³/mol. The summed E-state index contributed by atoms with van der Waals surface area (Å²) in [5.74, 6) is -2.18. The van der Waals surface area contributed by atoms with Gasteiger partial charge in [0.25, 0.3) is 0 Å². The van der Waals surface area contributed by atoms with E-state index in [2.05, 4.69) is 4.72 Å². The molecule has 0 amide bonds. The van der Waals surface area contributed by atoms with Crippen LogP contribution >= 0.6 is 0 Å². The number of aliphatic hydroxyl groups excluding tert-OH is 1. The van der Waals surface area contributed by atoms with Crippen LogP contribution in [0.15, 0.2) is 17.0 Å². The predicted octanol–water partition coefficient (Wildman–Crippen LogP) is 2.31. The van der Waals surface area contributed by atoms with Gasteiger partial charge in [0, 0.05) is 6.04 Å². The molecule has 7 heteroatoms. The van der Waals surface area contributed by atoms with Crippen molar-refractivity contribution < 1.29 is 22.3 Å². The second-order valence-electron chi connectivity index (χ2n) is 5.45. The van der Waals surface area contributed by atoms with Crippen molar-refractivity contribution in [2.75, 3.05) is 0 Å². The van der Waals surface area contributed by atoms with E-state index in [0.29, 0.717) is 18.8 Å². The highest BCUT2D eigenvalue weighted by atomic mass is 32.2. The quantitative estimate of drug-likeness (QED) is 0.810. The summed E-state index contributed by atoms with van der Waals surface area (Å²) in [7, 11) is -4.15. The molecule has 1 aromatic carbocycles. The summed E-state index contributed by atoms with van der Waals surface area (Å²) in [4.78, 5) is -0.749. The maximum Gasteiger partial charge on any atom is 0.243 e. The zero-order valence-electron chi connectivity index (χ0n) is 11.8. The van der Waals surface area contributed by atoms with Crippen molar-refractivity contribution >= 4 is 10.0 Å². The van der Waals surface area contributed by atoms with Crippen molar-refractivity contribution in [2.24, 2.45) is 5.92 Å². The van der Waals surface area contributed by atoms with E-state index >= 15 is 0 Å². The highest BCUT2D eigenvalue weighted by Gasteiger charge is 2.29. The molecule has 0 radical (unpaired) electrons. The molecular formula is C14H19F2NO3S. The molecule has 0 spiro atoms. The molecule has 4 nitrogen and oxygen atoms in total. The fraction of sp³-hybridized carbons (Fsp3) is 0.571. The van der Waals surface area contributed by atoms with Crippen LogP contribution in [0, 0.1) is 17.6 Å². The minimum atomic E-state index is -4.15. The van der Waals surface area contributed by atoms with Crippen molar-refractivity contribution in [3.8, 4) is 0 Å². The topological polar surface area (TPSA) is 66.4 Å². The fourth-order valence-corrected chi connectivity index (χ4v) is 3.71. The Hall–Kier alpha value is -1.05.